The zero-order valence-corrected chi connectivity index (χ0v) is 9.56. The fourth-order valence-electron chi connectivity index (χ4n) is 1.73. The maximum Gasteiger partial charge on any atom is 0.153 e. The summed E-state index contributed by atoms with van der Waals surface area (Å²) in [6, 6.07) is 11.7. The van der Waals surface area contributed by atoms with Crippen molar-refractivity contribution in [3.63, 3.8) is 0 Å². The molecule has 0 fully saturated rings. The van der Waals surface area contributed by atoms with Crippen LogP contribution < -0.4 is 0 Å². The highest BCUT2D eigenvalue weighted by atomic mass is 16.5. The lowest BCUT2D eigenvalue weighted by Gasteiger charge is -1.96. The van der Waals surface area contributed by atoms with E-state index in [0.717, 1.165) is 16.0 Å². The van der Waals surface area contributed by atoms with Crippen LogP contribution in [0.15, 0.2) is 48.8 Å². The number of hydrogen-bond donors (Lipinski definition) is 1. The van der Waals surface area contributed by atoms with Gasteiger partial charge in [0.1, 0.15) is 5.69 Å². The molecule has 0 radical (unpaired) electrons. The van der Waals surface area contributed by atoms with E-state index in [4.69, 9.17) is 0 Å². The van der Waals surface area contributed by atoms with Gasteiger partial charge in [-0.25, -0.2) is 9.97 Å². The highest BCUT2D eigenvalue weighted by Crippen LogP contribution is 2.18. The molecule has 88 valence electrons. The van der Waals surface area contributed by atoms with Gasteiger partial charge in [0, 0.05) is 6.20 Å². The minimum Gasteiger partial charge on any atom is -0.429 e. The number of pyridine rings is 1. The van der Waals surface area contributed by atoms with Crippen molar-refractivity contribution >= 4 is 12.2 Å². The molecule has 18 heavy (non-hydrogen) atoms. The molecule has 2 aliphatic rings. The number of nitrogens with zero attached hydrogens (tertiary/aromatic N) is 3. The second kappa shape index (κ2) is 4.33. The van der Waals surface area contributed by atoms with Gasteiger partial charge in [0.05, 0.1) is 11.9 Å². The maximum atomic E-state index is 9.28. The third-order valence-electron chi connectivity index (χ3n) is 2.60. The summed E-state index contributed by atoms with van der Waals surface area (Å²) in [5, 5.41) is 9.28. The summed E-state index contributed by atoms with van der Waals surface area (Å²) in [6.07, 6.45) is 6.88. The molecule has 2 aliphatic heterocycles. The molecule has 0 saturated carbocycles. The Kier molecular flexibility index (Phi) is 2.53. The van der Waals surface area contributed by atoms with Gasteiger partial charge in [0.15, 0.2) is 5.82 Å². The van der Waals surface area contributed by atoms with Crippen LogP contribution in [0.2, 0.25) is 0 Å². The first-order valence-corrected chi connectivity index (χ1v) is 5.59. The van der Waals surface area contributed by atoms with E-state index in [0.29, 0.717) is 11.5 Å². The van der Waals surface area contributed by atoms with E-state index in [1.807, 2.05) is 42.5 Å². The largest absolute Gasteiger partial charge is 0.429 e. The van der Waals surface area contributed by atoms with E-state index in [-0.39, 0.29) is 0 Å². The van der Waals surface area contributed by atoms with Crippen molar-refractivity contribution in [1.29, 1.82) is 0 Å². The lowest BCUT2D eigenvalue weighted by Crippen LogP contribution is -1.91. The minimum atomic E-state index is 0.639. The molecule has 0 aromatic heterocycles. The van der Waals surface area contributed by atoms with Crippen LogP contribution in [0.3, 0.4) is 0 Å². The predicted molar refractivity (Wildman–Crippen MR) is 69.2 cm³/mol. The Morgan fingerprint density at radius 2 is 1.72 bits per heavy atom. The van der Waals surface area contributed by atoms with Crippen molar-refractivity contribution in [2.75, 3.05) is 0 Å². The fraction of sp³-hybridized carbons (Fsp3) is 0. The summed E-state index contributed by atoms with van der Waals surface area (Å²) in [6.45, 7) is 0. The number of rotatable bonds is 2. The Morgan fingerprint density at radius 3 is 2.56 bits per heavy atom. The highest BCUT2D eigenvalue weighted by molar-refractivity contribution is 5.69. The smallest absolute Gasteiger partial charge is 0.153 e. The Balaban J connectivity index is 1.92. The summed E-state index contributed by atoms with van der Waals surface area (Å²) < 4.78 is 0.974. The second-order valence-corrected chi connectivity index (χ2v) is 3.92. The van der Waals surface area contributed by atoms with E-state index in [1.165, 1.54) is 12.4 Å². The van der Waals surface area contributed by atoms with Crippen molar-refractivity contribution in [2.24, 2.45) is 0 Å². The zero-order chi connectivity index (χ0) is 12.4. The lowest BCUT2D eigenvalue weighted by molar-refractivity contribution is 0.184. The predicted octanol–water partition coefficient (Wildman–Crippen LogP) is 2.79. The Bertz CT molecular complexity index is 658. The molecule has 0 atom stereocenters. The van der Waals surface area contributed by atoms with Crippen LogP contribution in [0.4, 0.5) is 0 Å². The van der Waals surface area contributed by atoms with E-state index in [1.54, 1.807) is 6.07 Å². The molecule has 0 bridgehead atoms. The standard InChI is InChI=1S/C14H11N3O/c18-17-9-8-12-13(10-17)16-14(15-12)7-6-11-4-2-1-3-5-11/h1-10,18H/b7-6+. The van der Waals surface area contributed by atoms with Crippen molar-refractivity contribution < 1.29 is 5.21 Å². The van der Waals surface area contributed by atoms with Gasteiger partial charge in [-0.15, -0.1) is 0 Å². The summed E-state index contributed by atoms with van der Waals surface area (Å²) in [5.74, 6) is 0.639. The molecule has 0 saturated heterocycles. The average Bonchev–Trinajstić information content (AvgIpc) is 2.79. The van der Waals surface area contributed by atoms with Crippen LogP contribution in [0, 0.1) is 0 Å². The minimum absolute atomic E-state index is 0.639. The van der Waals surface area contributed by atoms with Crippen molar-refractivity contribution in [3.05, 3.63) is 60.2 Å². The van der Waals surface area contributed by atoms with E-state index in [2.05, 4.69) is 9.97 Å². The van der Waals surface area contributed by atoms with Gasteiger partial charge in [-0.05, 0) is 17.7 Å². The fourth-order valence-corrected chi connectivity index (χ4v) is 1.73. The summed E-state index contributed by atoms with van der Waals surface area (Å²) in [7, 11) is 0. The first-order chi connectivity index (χ1) is 8.81. The number of fused-ring (bicyclic) bond motifs is 1. The molecule has 0 amide bonds. The van der Waals surface area contributed by atoms with Crippen LogP contribution in [-0.4, -0.2) is 19.9 Å². The zero-order valence-electron chi connectivity index (χ0n) is 9.56. The molecule has 1 aromatic rings. The molecule has 2 heterocycles. The first-order valence-electron chi connectivity index (χ1n) is 5.59. The van der Waals surface area contributed by atoms with Gasteiger partial charge in [-0.2, -0.15) is 4.73 Å². The van der Waals surface area contributed by atoms with E-state index < -0.39 is 0 Å². The van der Waals surface area contributed by atoms with Gasteiger partial charge in [-0.1, -0.05) is 36.4 Å². The molecular formula is C14H11N3O. The summed E-state index contributed by atoms with van der Waals surface area (Å²) in [5.41, 5.74) is 2.55. The van der Waals surface area contributed by atoms with Crippen molar-refractivity contribution in [3.8, 4) is 11.4 Å². The number of benzene rings is 1. The Labute approximate surface area is 104 Å². The second-order valence-electron chi connectivity index (χ2n) is 3.92. The topological polar surface area (TPSA) is 50.9 Å². The van der Waals surface area contributed by atoms with Crippen LogP contribution in [0.5, 0.6) is 0 Å². The van der Waals surface area contributed by atoms with E-state index in [9.17, 15) is 5.21 Å². The molecule has 1 aromatic carbocycles. The van der Waals surface area contributed by atoms with Crippen LogP contribution in [0.1, 0.15) is 11.4 Å². The Morgan fingerprint density at radius 1 is 0.944 bits per heavy atom. The SMILES string of the molecule is On1ccc2nc(/C=C/c3ccccc3)nc-2c1. The normalized spacial score (nSPS) is 11.3. The molecule has 0 unspecified atom stereocenters. The van der Waals surface area contributed by atoms with Gasteiger partial charge >= 0.3 is 0 Å². The Hall–Kier alpha value is -2.62. The molecule has 3 rings (SSSR count). The quantitative estimate of drug-likeness (QED) is 0.697. The average molecular weight is 237 g/mol. The van der Waals surface area contributed by atoms with Gasteiger partial charge in [0.25, 0.3) is 0 Å². The van der Waals surface area contributed by atoms with Crippen LogP contribution in [-0.2, 0) is 0 Å². The molecule has 4 heteroatoms. The monoisotopic (exact) mass is 237 g/mol. The third-order valence-corrected chi connectivity index (χ3v) is 2.60. The van der Waals surface area contributed by atoms with Crippen molar-refractivity contribution in [2.45, 2.75) is 0 Å². The molecule has 1 N–H and O–H groups in total. The third kappa shape index (κ3) is 2.08. The molecule has 0 spiro atoms. The van der Waals surface area contributed by atoms with Crippen LogP contribution in [0.25, 0.3) is 23.5 Å². The highest BCUT2D eigenvalue weighted by Gasteiger charge is 2.08. The summed E-state index contributed by atoms with van der Waals surface area (Å²) >= 11 is 0. The lowest BCUT2D eigenvalue weighted by atomic mass is 10.2. The molecule has 4 nitrogen and oxygen atoms in total. The number of aromatic nitrogens is 3. The summed E-state index contributed by atoms with van der Waals surface area (Å²) in [4.78, 5) is 8.66. The maximum absolute atomic E-state index is 9.28. The van der Waals surface area contributed by atoms with Crippen molar-refractivity contribution in [1.82, 2.24) is 14.7 Å². The van der Waals surface area contributed by atoms with Gasteiger partial charge < -0.3 is 5.21 Å². The number of hydrogen-bond acceptors (Lipinski definition) is 3. The van der Waals surface area contributed by atoms with Gasteiger partial charge in [-0.3, -0.25) is 0 Å². The number of imidazole rings is 1. The van der Waals surface area contributed by atoms with Gasteiger partial charge in [0.2, 0.25) is 0 Å². The first kappa shape index (κ1) is 10.5. The van der Waals surface area contributed by atoms with E-state index >= 15 is 0 Å². The molecule has 0 aliphatic carbocycles. The van der Waals surface area contributed by atoms with Crippen LogP contribution >= 0.6 is 0 Å². The molecular weight excluding hydrogens is 226 g/mol.